The largest absolute Gasteiger partial charge is 0.411 e. The number of hydrogen-bond acceptors (Lipinski definition) is 9. The summed E-state index contributed by atoms with van der Waals surface area (Å²) in [7, 11) is 0. The van der Waals surface area contributed by atoms with E-state index in [9.17, 15) is 0 Å². The molecule has 1 radical (unpaired) electrons. The molecule has 1 aromatic heterocycles. The third kappa shape index (κ3) is 25.6. The normalized spacial score (nSPS) is 11.1. The molecule has 1 rings (SSSR count). The van der Waals surface area contributed by atoms with Crippen LogP contribution in [0.1, 0.15) is 34.1 Å². The maximum Gasteiger partial charge on any atom is 0.101 e. The molecule has 0 aliphatic carbocycles. The predicted molar refractivity (Wildman–Crippen MR) is 104 cm³/mol. The molecule has 1 aromatic rings. The fraction of sp³-hybridized carbons (Fsp3) is 0.294. The summed E-state index contributed by atoms with van der Waals surface area (Å²) in [6, 6.07) is 5.72. The van der Waals surface area contributed by atoms with E-state index in [1.807, 2.05) is 18.2 Å². The Hall–Kier alpha value is -2.72. The molecule has 0 saturated heterocycles. The van der Waals surface area contributed by atoms with Gasteiger partial charge >= 0.3 is 0 Å². The zero-order valence-corrected chi connectivity index (χ0v) is 17.0. The SMILES string of the molecule is C=CC[CH2-].CC(=N\O)/C(C)=N/O.CC(=N\O)/C(C)=N/O.[Co].c1ccncc1. The summed E-state index contributed by atoms with van der Waals surface area (Å²) in [6.07, 6.45) is 6.10. The van der Waals surface area contributed by atoms with Gasteiger partial charge in [-0.3, -0.25) is 4.98 Å². The van der Waals surface area contributed by atoms with Crippen LogP contribution in [0.3, 0.4) is 0 Å². The summed E-state index contributed by atoms with van der Waals surface area (Å²) >= 11 is 0. The van der Waals surface area contributed by atoms with Crippen molar-refractivity contribution in [3.05, 3.63) is 50.2 Å². The van der Waals surface area contributed by atoms with Crippen molar-refractivity contribution < 1.29 is 37.6 Å². The molecule has 155 valence electrons. The van der Waals surface area contributed by atoms with Crippen LogP contribution in [-0.4, -0.2) is 48.7 Å². The topological polar surface area (TPSA) is 143 Å². The van der Waals surface area contributed by atoms with Crippen LogP contribution in [-0.2, 0) is 16.8 Å². The van der Waals surface area contributed by atoms with E-state index >= 15 is 0 Å². The van der Waals surface area contributed by atoms with E-state index in [0.717, 1.165) is 6.42 Å². The number of rotatable bonds is 3. The molecule has 10 heteroatoms. The third-order valence-electron chi connectivity index (χ3n) is 2.42. The molecule has 0 aliphatic rings. The van der Waals surface area contributed by atoms with Gasteiger partial charge in [0.2, 0.25) is 0 Å². The van der Waals surface area contributed by atoms with Crippen LogP contribution >= 0.6 is 0 Å². The second kappa shape index (κ2) is 25.5. The first-order valence-corrected chi connectivity index (χ1v) is 7.36. The van der Waals surface area contributed by atoms with E-state index in [0.29, 0.717) is 22.8 Å². The van der Waals surface area contributed by atoms with Crippen molar-refractivity contribution in [2.45, 2.75) is 34.1 Å². The third-order valence-corrected chi connectivity index (χ3v) is 2.42. The van der Waals surface area contributed by atoms with Crippen LogP contribution in [0.15, 0.2) is 63.9 Å². The number of allylic oxidation sites excluding steroid dienone is 1. The van der Waals surface area contributed by atoms with Crippen molar-refractivity contribution in [2.24, 2.45) is 20.6 Å². The minimum Gasteiger partial charge on any atom is -0.411 e. The minimum absolute atomic E-state index is 0. The molecule has 0 spiro atoms. The maximum absolute atomic E-state index is 8.03. The summed E-state index contributed by atoms with van der Waals surface area (Å²) in [5.74, 6) is 0. The van der Waals surface area contributed by atoms with Crippen molar-refractivity contribution in [1.29, 1.82) is 0 Å². The summed E-state index contributed by atoms with van der Waals surface area (Å²) < 4.78 is 0. The van der Waals surface area contributed by atoms with Gasteiger partial charge in [-0.25, -0.2) is 0 Å². The van der Waals surface area contributed by atoms with Crippen LogP contribution in [0.25, 0.3) is 0 Å². The number of hydrogen-bond donors (Lipinski definition) is 4. The molecule has 0 atom stereocenters. The van der Waals surface area contributed by atoms with Gasteiger partial charge in [0.1, 0.15) is 22.8 Å². The van der Waals surface area contributed by atoms with Crippen LogP contribution < -0.4 is 0 Å². The van der Waals surface area contributed by atoms with E-state index in [2.05, 4.69) is 39.1 Å². The smallest absolute Gasteiger partial charge is 0.101 e. The van der Waals surface area contributed by atoms with Gasteiger partial charge in [0.05, 0.1) is 0 Å². The summed E-state index contributed by atoms with van der Waals surface area (Å²) in [6.45, 7) is 13.0. The van der Waals surface area contributed by atoms with Gasteiger partial charge in [-0.15, -0.1) is 12.7 Å². The summed E-state index contributed by atoms with van der Waals surface area (Å²) in [4.78, 5) is 3.78. The van der Waals surface area contributed by atoms with Gasteiger partial charge in [-0.1, -0.05) is 26.7 Å². The van der Waals surface area contributed by atoms with E-state index in [-0.39, 0.29) is 16.8 Å². The Morgan fingerprint density at radius 1 is 0.815 bits per heavy atom. The second-order valence-corrected chi connectivity index (χ2v) is 4.34. The van der Waals surface area contributed by atoms with Gasteiger partial charge < -0.3 is 27.8 Å². The van der Waals surface area contributed by atoms with E-state index in [4.69, 9.17) is 20.8 Å². The molecule has 0 fully saturated rings. The van der Waals surface area contributed by atoms with Crippen molar-refractivity contribution >= 4 is 22.8 Å². The minimum atomic E-state index is 0. The van der Waals surface area contributed by atoms with Crippen LogP contribution in [0, 0.1) is 6.92 Å². The summed E-state index contributed by atoms with van der Waals surface area (Å²) in [5.41, 5.74) is 1.25. The van der Waals surface area contributed by atoms with Crippen molar-refractivity contribution in [3.8, 4) is 0 Å². The number of aromatic nitrogens is 1. The first kappa shape index (κ1) is 32.0. The second-order valence-electron chi connectivity index (χ2n) is 4.34. The number of oxime groups is 4. The predicted octanol–water partition coefficient (Wildman–Crippen LogP) is 3.85. The molecular weight excluding hydrogens is 397 g/mol. The Kier molecular flexibility index (Phi) is 30.2. The monoisotopic (exact) mass is 425 g/mol. The molecule has 27 heavy (non-hydrogen) atoms. The average Bonchev–Trinajstić information content (AvgIpc) is 2.73. The van der Waals surface area contributed by atoms with E-state index < -0.39 is 0 Å². The molecule has 0 saturated carbocycles. The molecular formula is C17H28CoN5O4-. The molecule has 0 bridgehead atoms. The van der Waals surface area contributed by atoms with Crippen molar-refractivity contribution in [2.75, 3.05) is 0 Å². The van der Waals surface area contributed by atoms with Crippen molar-refractivity contribution in [3.63, 3.8) is 0 Å². The molecule has 0 aliphatic heterocycles. The molecule has 9 nitrogen and oxygen atoms in total. The Morgan fingerprint density at radius 2 is 1.07 bits per heavy atom. The first-order valence-electron chi connectivity index (χ1n) is 7.36. The van der Waals surface area contributed by atoms with Gasteiger partial charge in [0, 0.05) is 29.2 Å². The van der Waals surface area contributed by atoms with Gasteiger partial charge in [-0.05, 0) is 39.8 Å². The van der Waals surface area contributed by atoms with E-state index in [1.165, 1.54) is 27.7 Å². The Balaban J connectivity index is -0.000000133. The first-order chi connectivity index (χ1) is 12.4. The van der Waals surface area contributed by atoms with Gasteiger partial charge in [-0.2, -0.15) is 6.42 Å². The molecule has 0 amide bonds. The fourth-order valence-electron chi connectivity index (χ4n) is 0.602. The number of pyridine rings is 1. The molecule has 0 unspecified atom stereocenters. The quantitative estimate of drug-likeness (QED) is 0.191. The Labute approximate surface area is 170 Å². The van der Waals surface area contributed by atoms with Crippen LogP contribution in [0.5, 0.6) is 0 Å². The zero-order valence-electron chi connectivity index (χ0n) is 15.9. The Bertz CT molecular complexity index is 485. The Morgan fingerprint density at radius 3 is 1.15 bits per heavy atom. The van der Waals surface area contributed by atoms with Gasteiger partial charge in [0.25, 0.3) is 0 Å². The van der Waals surface area contributed by atoms with E-state index in [1.54, 1.807) is 18.5 Å². The maximum atomic E-state index is 8.03. The fourth-order valence-corrected chi connectivity index (χ4v) is 0.602. The molecule has 4 N–H and O–H groups in total. The van der Waals surface area contributed by atoms with Crippen molar-refractivity contribution in [1.82, 2.24) is 4.98 Å². The van der Waals surface area contributed by atoms with Gasteiger partial charge in [0.15, 0.2) is 0 Å². The number of nitrogens with zero attached hydrogens (tertiary/aromatic N) is 5. The summed E-state index contributed by atoms with van der Waals surface area (Å²) in [5, 5.41) is 43.3. The average molecular weight is 425 g/mol. The van der Waals surface area contributed by atoms with Crippen LogP contribution in [0.2, 0.25) is 0 Å². The molecule has 1 heterocycles. The van der Waals surface area contributed by atoms with Crippen LogP contribution in [0.4, 0.5) is 0 Å². The standard InChI is InChI=1S/C5H5N.2C4H8N2O2.C4H7.Co/c1-2-4-6-5-3-1;2*1-3(5-7)4(2)6-8;1-3-4-2;/h1-5H;2*7-8H,1-2H3;3H,1-2,4H2;/q;;;-1;/b;2*5-3+,6-4+;;. The molecule has 0 aromatic carbocycles. The zero-order chi connectivity index (χ0) is 20.8.